The Morgan fingerprint density at radius 1 is 1.11 bits per heavy atom. The van der Waals surface area contributed by atoms with Crippen LogP contribution in [0.1, 0.15) is 11.1 Å². The molecule has 2 heterocycles. The number of rotatable bonds is 4. The molecule has 0 bridgehead atoms. The number of aryl methyl sites for hydroxylation is 1. The Morgan fingerprint density at radius 3 is 2.68 bits per heavy atom. The van der Waals surface area contributed by atoms with E-state index in [1.807, 2.05) is 68.4 Å². The highest BCUT2D eigenvalue weighted by atomic mass is 32.1. The topological polar surface area (TPSA) is 76.9 Å². The second-order valence-corrected chi connectivity index (χ2v) is 7.57. The van der Waals surface area contributed by atoms with Gasteiger partial charge in [0.25, 0.3) is 5.56 Å². The first-order valence-corrected chi connectivity index (χ1v) is 9.63. The van der Waals surface area contributed by atoms with Crippen molar-refractivity contribution in [1.29, 1.82) is 0 Å². The summed E-state index contributed by atoms with van der Waals surface area (Å²) in [6, 6.07) is 17.3. The van der Waals surface area contributed by atoms with Crippen LogP contribution in [0.15, 0.2) is 59.4 Å². The molecule has 4 rings (SSSR count). The summed E-state index contributed by atoms with van der Waals surface area (Å²) in [5.41, 5.74) is 3.51. The molecule has 2 aromatic heterocycles. The fraction of sp³-hybridized carbons (Fsp3) is 0.143. The standard InChI is InChI=1S/C21H18N4O2S/c1-13-7-6-10-17(14(13)2)22-19(26)12-25-21(27)16-11-18(28-20(16)23-24-25)15-8-4-3-5-9-15/h3-11H,12H2,1-2H3,(H,22,26). The van der Waals surface area contributed by atoms with Crippen LogP contribution in [-0.2, 0) is 11.3 Å². The molecule has 0 radical (unpaired) electrons. The van der Waals surface area contributed by atoms with E-state index in [4.69, 9.17) is 0 Å². The quantitative estimate of drug-likeness (QED) is 0.575. The van der Waals surface area contributed by atoms with Crippen molar-refractivity contribution in [2.45, 2.75) is 20.4 Å². The number of hydrogen-bond acceptors (Lipinski definition) is 5. The highest BCUT2D eigenvalue weighted by Crippen LogP contribution is 2.30. The fourth-order valence-corrected chi connectivity index (χ4v) is 3.92. The molecule has 0 unspecified atom stereocenters. The lowest BCUT2D eigenvalue weighted by Crippen LogP contribution is -2.30. The molecule has 28 heavy (non-hydrogen) atoms. The summed E-state index contributed by atoms with van der Waals surface area (Å²) < 4.78 is 1.10. The van der Waals surface area contributed by atoms with Gasteiger partial charge in [0.1, 0.15) is 6.54 Å². The second kappa shape index (κ2) is 7.36. The van der Waals surface area contributed by atoms with Crippen molar-refractivity contribution in [1.82, 2.24) is 15.0 Å². The summed E-state index contributed by atoms with van der Waals surface area (Å²) in [5, 5.41) is 11.4. The first kappa shape index (κ1) is 18.1. The zero-order chi connectivity index (χ0) is 19.7. The molecule has 0 spiro atoms. The zero-order valence-electron chi connectivity index (χ0n) is 15.5. The lowest BCUT2D eigenvalue weighted by atomic mass is 10.1. The number of aromatic nitrogens is 3. The van der Waals surface area contributed by atoms with Crippen LogP contribution >= 0.6 is 11.3 Å². The number of anilines is 1. The van der Waals surface area contributed by atoms with Crippen LogP contribution in [0.4, 0.5) is 5.69 Å². The Hall–Kier alpha value is -3.32. The molecule has 0 aliphatic carbocycles. The third kappa shape index (κ3) is 3.44. The summed E-state index contributed by atoms with van der Waals surface area (Å²) in [4.78, 5) is 26.7. The molecular formula is C21H18N4O2S. The van der Waals surface area contributed by atoms with Crippen LogP contribution in [0.25, 0.3) is 20.7 Å². The van der Waals surface area contributed by atoms with Crippen molar-refractivity contribution in [2.75, 3.05) is 5.32 Å². The van der Waals surface area contributed by atoms with E-state index in [1.54, 1.807) is 0 Å². The van der Waals surface area contributed by atoms with Crippen molar-refractivity contribution >= 4 is 33.1 Å². The molecule has 1 N–H and O–H groups in total. The van der Waals surface area contributed by atoms with Gasteiger partial charge in [0.15, 0.2) is 4.83 Å². The summed E-state index contributed by atoms with van der Waals surface area (Å²) in [6.45, 7) is 3.74. The van der Waals surface area contributed by atoms with Gasteiger partial charge in [0.2, 0.25) is 5.91 Å². The Morgan fingerprint density at radius 2 is 1.89 bits per heavy atom. The van der Waals surface area contributed by atoms with Gasteiger partial charge in [-0.15, -0.1) is 16.4 Å². The highest BCUT2D eigenvalue weighted by Gasteiger charge is 2.14. The molecule has 0 saturated heterocycles. The summed E-state index contributed by atoms with van der Waals surface area (Å²) in [5.74, 6) is -0.317. The predicted octanol–water partition coefficient (Wildman–Crippen LogP) is 3.78. The van der Waals surface area contributed by atoms with E-state index in [-0.39, 0.29) is 18.0 Å². The average Bonchev–Trinajstić information content (AvgIpc) is 3.14. The summed E-state index contributed by atoms with van der Waals surface area (Å²) >= 11 is 1.41. The van der Waals surface area contributed by atoms with Crippen molar-refractivity contribution < 1.29 is 4.79 Å². The number of carbonyl (C=O) groups is 1. The number of amides is 1. The largest absolute Gasteiger partial charge is 0.324 e. The van der Waals surface area contributed by atoms with Crippen molar-refractivity contribution in [2.24, 2.45) is 0 Å². The number of nitrogens with one attached hydrogen (secondary N) is 1. The molecule has 0 atom stereocenters. The van der Waals surface area contributed by atoms with Crippen LogP contribution in [-0.4, -0.2) is 20.9 Å². The minimum absolute atomic E-state index is 0.189. The van der Waals surface area contributed by atoms with E-state index in [1.165, 1.54) is 11.3 Å². The van der Waals surface area contributed by atoms with Gasteiger partial charge in [-0.1, -0.05) is 47.7 Å². The van der Waals surface area contributed by atoms with E-state index in [2.05, 4.69) is 15.6 Å². The third-order valence-electron chi connectivity index (χ3n) is 4.65. The number of fused-ring (bicyclic) bond motifs is 1. The molecule has 6 nitrogen and oxygen atoms in total. The minimum Gasteiger partial charge on any atom is -0.324 e. The SMILES string of the molecule is Cc1cccc(NC(=O)Cn2nnc3sc(-c4ccccc4)cc3c2=O)c1C. The number of thiophene rings is 1. The number of nitrogens with zero attached hydrogens (tertiary/aromatic N) is 3. The zero-order valence-corrected chi connectivity index (χ0v) is 16.3. The van der Waals surface area contributed by atoms with Gasteiger partial charge in [-0.2, -0.15) is 0 Å². The molecule has 0 aliphatic heterocycles. The van der Waals surface area contributed by atoms with Crippen LogP contribution < -0.4 is 10.9 Å². The maximum absolute atomic E-state index is 12.8. The van der Waals surface area contributed by atoms with Crippen molar-refractivity contribution in [3.63, 3.8) is 0 Å². The highest BCUT2D eigenvalue weighted by molar-refractivity contribution is 7.21. The van der Waals surface area contributed by atoms with E-state index < -0.39 is 0 Å². The van der Waals surface area contributed by atoms with Gasteiger partial charge in [-0.05, 0) is 42.7 Å². The van der Waals surface area contributed by atoms with E-state index in [9.17, 15) is 9.59 Å². The molecule has 7 heteroatoms. The molecule has 0 fully saturated rings. The van der Waals surface area contributed by atoms with Crippen LogP contribution in [0.2, 0.25) is 0 Å². The summed E-state index contributed by atoms with van der Waals surface area (Å²) in [6.07, 6.45) is 0. The first-order chi connectivity index (χ1) is 13.5. The molecule has 2 aromatic carbocycles. The second-order valence-electron chi connectivity index (χ2n) is 6.54. The monoisotopic (exact) mass is 390 g/mol. The van der Waals surface area contributed by atoms with Gasteiger partial charge in [0.05, 0.1) is 5.39 Å². The lowest BCUT2D eigenvalue weighted by molar-refractivity contribution is -0.117. The van der Waals surface area contributed by atoms with E-state index in [0.29, 0.717) is 10.2 Å². The van der Waals surface area contributed by atoms with Gasteiger partial charge >= 0.3 is 0 Å². The minimum atomic E-state index is -0.320. The van der Waals surface area contributed by atoms with Crippen LogP contribution in [0.3, 0.4) is 0 Å². The van der Waals surface area contributed by atoms with Crippen molar-refractivity contribution in [3.05, 3.63) is 76.1 Å². The molecule has 0 saturated carbocycles. The summed E-state index contributed by atoms with van der Waals surface area (Å²) in [7, 11) is 0. The van der Waals surface area contributed by atoms with Crippen LogP contribution in [0, 0.1) is 13.8 Å². The van der Waals surface area contributed by atoms with E-state index in [0.717, 1.165) is 31.9 Å². The number of carbonyl (C=O) groups excluding carboxylic acids is 1. The van der Waals surface area contributed by atoms with Gasteiger partial charge in [-0.3, -0.25) is 9.59 Å². The predicted molar refractivity (Wildman–Crippen MR) is 112 cm³/mol. The molecule has 4 aromatic rings. The van der Waals surface area contributed by atoms with Gasteiger partial charge in [0, 0.05) is 10.6 Å². The smallest absolute Gasteiger partial charge is 0.279 e. The molecular weight excluding hydrogens is 372 g/mol. The van der Waals surface area contributed by atoms with Crippen molar-refractivity contribution in [3.8, 4) is 10.4 Å². The van der Waals surface area contributed by atoms with Crippen LogP contribution in [0.5, 0.6) is 0 Å². The Bertz CT molecular complexity index is 1230. The maximum Gasteiger partial charge on any atom is 0.279 e. The molecule has 0 aliphatic rings. The Labute approximate surface area is 165 Å². The Kier molecular flexibility index (Phi) is 4.75. The van der Waals surface area contributed by atoms with Gasteiger partial charge in [-0.25, -0.2) is 4.68 Å². The van der Waals surface area contributed by atoms with E-state index >= 15 is 0 Å². The Balaban J connectivity index is 1.61. The molecule has 1 amide bonds. The maximum atomic E-state index is 12.8. The average molecular weight is 390 g/mol. The van der Waals surface area contributed by atoms with Gasteiger partial charge < -0.3 is 5.32 Å². The number of hydrogen-bond donors (Lipinski definition) is 1. The first-order valence-electron chi connectivity index (χ1n) is 8.82. The normalized spacial score (nSPS) is 10.9. The molecule has 140 valence electrons. The fourth-order valence-electron chi connectivity index (χ4n) is 2.94. The third-order valence-corrected chi connectivity index (χ3v) is 5.72. The lowest BCUT2D eigenvalue weighted by Gasteiger charge is -2.10. The number of benzene rings is 2.